The maximum absolute atomic E-state index is 13.1. The van der Waals surface area contributed by atoms with Crippen LogP contribution in [0.2, 0.25) is 0 Å². The molecule has 6 rings (SSSR count). The molecule has 3 aliphatic heterocycles. The summed E-state index contributed by atoms with van der Waals surface area (Å²) in [5.41, 5.74) is 0.310. The van der Waals surface area contributed by atoms with Crippen LogP contribution in [0.3, 0.4) is 0 Å². The molecule has 0 amide bonds. The highest BCUT2D eigenvalue weighted by atomic mass is 32.2. The van der Waals surface area contributed by atoms with E-state index in [4.69, 9.17) is 13.8 Å². The first-order valence-electron chi connectivity index (χ1n) is 12.8. The Labute approximate surface area is 222 Å². The quantitative estimate of drug-likeness (QED) is 0.414. The second-order valence-electron chi connectivity index (χ2n) is 9.75. The average molecular weight is 560 g/mol. The van der Waals surface area contributed by atoms with E-state index < -0.39 is 24.5 Å². The number of nitrogens with zero attached hydrogens (tertiary/aromatic N) is 4. The van der Waals surface area contributed by atoms with E-state index in [-0.39, 0.29) is 35.8 Å². The summed E-state index contributed by atoms with van der Waals surface area (Å²) in [7, 11) is -4.87. The van der Waals surface area contributed by atoms with Crippen LogP contribution < -0.4 is 5.56 Å². The molecule has 0 bridgehead atoms. The highest BCUT2D eigenvalue weighted by Crippen LogP contribution is 2.58. The second kappa shape index (κ2) is 10.6. The van der Waals surface area contributed by atoms with Gasteiger partial charge in [-0.15, -0.1) is 0 Å². The molecule has 1 N–H and O–H groups in total. The zero-order chi connectivity index (χ0) is 26.3. The minimum Gasteiger partial charge on any atom is -0.352 e. The molecule has 3 fully saturated rings. The lowest BCUT2D eigenvalue weighted by Gasteiger charge is -2.25. The van der Waals surface area contributed by atoms with Gasteiger partial charge in [-0.2, -0.15) is 0 Å². The van der Waals surface area contributed by atoms with Gasteiger partial charge in [0.2, 0.25) is 0 Å². The van der Waals surface area contributed by atoms with E-state index in [9.17, 15) is 13.2 Å². The summed E-state index contributed by atoms with van der Waals surface area (Å²) in [5, 5.41) is 0. The van der Waals surface area contributed by atoms with Crippen molar-refractivity contribution in [2.75, 3.05) is 12.3 Å². The SMILES string of the molecule is CC[C@H]1O[C@@H](n2cnc(-c3nccc(=O)[nH]3)c2)CC1O[P@@]1O[C@H](CS(=O)(=O)c2ccccc2)[C@@H]2CCCN21. The largest absolute Gasteiger partial charge is 0.352 e. The Hall–Kier alpha value is -2.47. The van der Waals surface area contributed by atoms with Gasteiger partial charge in [0.25, 0.3) is 14.1 Å². The number of sulfone groups is 1. The van der Waals surface area contributed by atoms with Gasteiger partial charge in [-0.3, -0.25) is 4.79 Å². The standard InChI is InChI=1S/C25H30N5O6PS/c1-2-20-21(13-24(34-20)29-14-18(27-16-29)25-26-11-10-23(31)28-25)35-37-30-12-6-9-19(30)22(36-37)15-38(32,33)17-7-4-3-5-8-17/h3-5,7-8,10-11,14,16,19-22,24H,2,6,9,12-13,15H2,1H3,(H,26,28,31)/t19-,20+,21?,22+,24+,37-/m0/s1. The summed E-state index contributed by atoms with van der Waals surface area (Å²) in [6.45, 7) is 2.89. The van der Waals surface area contributed by atoms with E-state index in [0.717, 1.165) is 25.8 Å². The Morgan fingerprint density at radius 3 is 2.82 bits per heavy atom. The van der Waals surface area contributed by atoms with Crippen LogP contribution in [0, 0.1) is 0 Å². The van der Waals surface area contributed by atoms with Gasteiger partial charge in [0.1, 0.15) is 11.9 Å². The van der Waals surface area contributed by atoms with Crippen molar-refractivity contribution in [1.82, 2.24) is 24.2 Å². The molecule has 2 aromatic heterocycles. The van der Waals surface area contributed by atoms with Crippen LogP contribution in [-0.2, 0) is 23.6 Å². The fraction of sp³-hybridized carbons (Fsp3) is 0.480. The van der Waals surface area contributed by atoms with Crippen molar-refractivity contribution < 1.29 is 22.2 Å². The van der Waals surface area contributed by atoms with Gasteiger partial charge in [-0.05, 0) is 31.4 Å². The number of H-pyrrole nitrogens is 1. The van der Waals surface area contributed by atoms with Crippen LogP contribution >= 0.6 is 8.53 Å². The number of aromatic nitrogens is 4. The number of imidazole rings is 1. The first-order chi connectivity index (χ1) is 18.4. The Morgan fingerprint density at radius 1 is 1.18 bits per heavy atom. The maximum Gasteiger partial charge on any atom is 0.259 e. The lowest BCUT2D eigenvalue weighted by Crippen LogP contribution is -2.33. The molecule has 11 nitrogen and oxygen atoms in total. The Morgan fingerprint density at radius 2 is 2.03 bits per heavy atom. The van der Waals surface area contributed by atoms with Gasteiger partial charge in [0.05, 0.1) is 35.3 Å². The van der Waals surface area contributed by atoms with Crippen molar-refractivity contribution in [1.29, 1.82) is 0 Å². The molecule has 1 unspecified atom stereocenters. The molecule has 3 aliphatic rings. The van der Waals surface area contributed by atoms with Crippen molar-refractivity contribution in [3.63, 3.8) is 0 Å². The summed E-state index contributed by atoms with van der Waals surface area (Å²) < 4.78 is 49.4. The molecular weight excluding hydrogens is 529 g/mol. The lowest BCUT2D eigenvalue weighted by atomic mass is 10.1. The topological polar surface area (TPSA) is 129 Å². The third-order valence-electron chi connectivity index (χ3n) is 7.28. The normalized spacial score (nSPS) is 29.6. The van der Waals surface area contributed by atoms with Crippen LogP contribution in [0.15, 0.2) is 64.8 Å². The van der Waals surface area contributed by atoms with E-state index in [2.05, 4.69) is 26.5 Å². The Kier molecular flexibility index (Phi) is 7.19. The van der Waals surface area contributed by atoms with E-state index in [1.165, 1.54) is 12.3 Å². The van der Waals surface area contributed by atoms with E-state index in [1.807, 2.05) is 10.6 Å². The molecule has 13 heteroatoms. The Bertz CT molecular complexity index is 1430. The zero-order valence-corrected chi connectivity index (χ0v) is 22.6. The van der Waals surface area contributed by atoms with E-state index in [1.54, 1.807) is 36.8 Å². The number of nitrogens with one attached hydrogen (secondary N) is 1. The fourth-order valence-electron chi connectivity index (χ4n) is 5.36. The monoisotopic (exact) mass is 559 g/mol. The molecule has 5 heterocycles. The van der Waals surface area contributed by atoms with Crippen molar-refractivity contribution in [2.24, 2.45) is 0 Å². The summed E-state index contributed by atoms with van der Waals surface area (Å²) in [4.78, 5) is 23.2. The molecule has 202 valence electrons. The van der Waals surface area contributed by atoms with Gasteiger partial charge in [0.15, 0.2) is 15.7 Å². The third-order valence-corrected chi connectivity index (χ3v) is 10.9. The number of hydrogen-bond acceptors (Lipinski definition) is 9. The van der Waals surface area contributed by atoms with Crippen molar-refractivity contribution in [3.05, 3.63) is 65.5 Å². The summed E-state index contributed by atoms with van der Waals surface area (Å²) >= 11 is 0. The van der Waals surface area contributed by atoms with Gasteiger partial charge < -0.3 is 23.3 Å². The number of benzene rings is 1. The van der Waals surface area contributed by atoms with Gasteiger partial charge in [-0.1, -0.05) is 25.1 Å². The number of aromatic amines is 1. The second-order valence-corrected chi connectivity index (χ2v) is 13.2. The summed E-state index contributed by atoms with van der Waals surface area (Å²) in [5.74, 6) is 0.336. The van der Waals surface area contributed by atoms with Crippen LogP contribution in [-0.4, -0.2) is 69.3 Å². The van der Waals surface area contributed by atoms with Gasteiger partial charge in [0, 0.05) is 37.5 Å². The van der Waals surface area contributed by atoms with Crippen molar-refractivity contribution in [3.8, 4) is 11.5 Å². The molecule has 1 aromatic carbocycles. The average Bonchev–Trinajstić information content (AvgIpc) is 3.71. The number of fused-ring (bicyclic) bond motifs is 1. The first-order valence-corrected chi connectivity index (χ1v) is 15.6. The highest BCUT2D eigenvalue weighted by Gasteiger charge is 2.50. The molecule has 0 spiro atoms. The molecule has 0 saturated carbocycles. The van der Waals surface area contributed by atoms with Crippen LogP contribution in [0.25, 0.3) is 11.5 Å². The van der Waals surface area contributed by atoms with Crippen LogP contribution in [0.1, 0.15) is 38.8 Å². The number of rotatable bonds is 8. The zero-order valence-electron chi connectivity index (χ0n) is 20.9. The molecule has 6 atom stereocenters. The molecular formula is C25H30N5O6PS. The van der Waals surface area contributed by atoms with Gasteiger partial charge in [-0.25, -0.2) is 23.1 Å². The molecule has 3 saturated heterocycles. The minimum absolute atomic E-state index is 0.0366. The predicted molar refractivity (Wildman–Crippen MR) is 140 cm³/mol. The van der Waals surface area contributed by atoms with Crippen LogP contribution in [0.4, 0.5) is 0 Å². The lowest BCUT2D eigenvalue weighted by molar-refractivity contribution is -0.0167. The molecule has 0 aliphatic carbocycles. The fourth-order valence-corrected chi connectivity index (χ4v) is 8.95. The number of hydrogen-bond donors (Lipinski definition) is 1. The predicted octanol–water partition coefficient (Wildman–Crippen LogP) is 3.28. The van der Waals surface area contributed by atoms with E-state index in [0.29, 0.717) is 22.8 Å². The Balaban J connectivity index is 1.14. The highest BCUT2D eigenvalue weighted by molar-refractivity contribution is 7.91. The van der Waals surface area contributed by atoms with Crippen molar-refractivity contribution >= 4 is 18.4 Å². The minimum atomic E-state index is -3.48. The molecule has 3 aromatic rings. The van der Waals surface area contributed by atoms with Crippen molar-refractivity contribution in [2.45, 2.75) is 68.1 Å². The molecule has 38 heavy (non-hydrogen) atoms. The van der Waals surface area contributed by atoms with E-state index >= 15 is 0 Å². The molecule has 0 radical (unpaired) electrons. The summed E-state index contributed by atoms with van der Waals surface area (Å²) in [6, 6.07) is 9.93. The van der Waals surface area contributed by atoms with Gasteiger partial charge >= 0.3 is 0 Å². The smallest absolute Gasteiger partial charge is 0.259 e. The van der Waals surface area contributed by atoms with Crippen LogP contribution in [0.5, 0.6) is 0 Å². The third kappa shape index (κ3) is 5.09. The summed E-state index contributed by atoms with van der Waals surface area (Å²) in [6.07, 6.45) is 7.10. The number of ether oxygens (including phenoxy) is 1. The first kappa shape index (κ1) is 25.8. The maximum atomic E-state index is 13.1.